The molecule has 2 aromatic rings. The first kappa shape index (κ1) is 24.8. The van der Waals surface area contributed by atoms with Gasteiger partial charge in [-0.2, -0.15) is 0 Å². The van der Waals surface area contributed by atoms with Gasteiger partial charge < -0.3 is 19.1 Å². The molecule has 2 aliphatic heterocycles. The van der Waals surface area contributed by atoms with Crippen LogP contribution in [0, 0.1) is 6.92 Å². The van der Waals surface area contributed by atoms with E-state index in [9.17, 15) is 13.2 Å². The summed E-state index contributed by atoms with van der Waals surface area (Å²) in [6, 6.07) is 6.52. The molecule has 0 N–H and O–H groups in total. The number of likely N-dealkylation sites (N-methyl/N-ethyl adjacent to an activating group) is 1. The zero-order valence-electron chi connectivity index (χ0n) is 19.6. The summed E-state index contributed by atoms with van der Waals surface area (Å²) in [5.74, 6) is -0.387. The molecule has 0 atom stereocenters. The Balaban J connectivity index is 1.67. The highest BCUT2D eigenvalue weighted by Crippen LogP contribution is 2.45. The van der Waals surface area contributed by atoms with Gasteiger partial charge in [0.2, 0.25) is 0 Å². The van der Waals surface area contributed by atoms with Crippen molar-refractivity contribution in [2.75, 3.05) is 57.9 Å². The van der Waals surface area contributed by atoms with Crippen molar-refractivity contribution in [3.63, 3.8) is 0 Å². The number of aryl methyl sites for hydroxylation is 1. The number of carbonyl (C=O) groups is 1. The minimum atomic E-state index is -3.81. The molecule has 0 aliphatic carbocycles. The van der Waals surface area contributed by atoms with Crippen molar-refractivity contribution in [2.24, 2.45) is 0 Å². The molecule has 2 heterocycles. The van der Waals surface area contributed by atoms with Crippen LogP contribution in [0.15, 0.2) is 29.2 Å². The fraction of sp³-hybridized carbons (Fsp3) is 0.458. The van der Waals surface area contributed by atoms with Crippen LogP contribution in [-0.4, -0.2) is 72.3 Å². The Bertz CT molecular complexity index is 1190. The molecule has 0 unspecified atom stereocenters. The first-order valence-corrected chi connectivity index (χ1v) is 13.3. The molecule has 1 saturated heterocycles. The van der Waals surface area contributed by atoms with Gasteiger partial charge in [-0.3, -0.25) is 4.90 Å². The summed E-state index contributed by atoms with van der Waals surface area (Å²) in [7, 11) is -2.55. The van der Waals surface area contributed by atoms with E-state index >= 15 is 0 Å². The van der Waals surface area contributed by atoms with Gasteiger partial charge in [0.05, 0.1) is 36.7 Å². The molecule has 2 aromatic carbocycles. The minimum Gasteiger partial charge on any atom is -0.465 e. The number of halogens is 1. The van der Waals surface area contributed by atoms with Crippen LogP contribution in [0.2, 0.25) is 5.02 Å². The number of morpholine rings is 1. The highest BCUT2D eigenvalue weighted by atomic mass is 35.5. The van der Waals surface area contributed by atoms with Gasteiger partial charge in [-0.1, -0.05) is 11.6 Å². The van der Waals surface area contributed by atoms with Crippen molar-refractivity contribution >= 4 is 33.1 Å². The first-order valence-electron chi connectivity index (χ1n) is 11.2. The average molecular weight is 509 g/mol. The molecule has 1 fully saturated rings. The molecular formula is C24H29ClN2O6S. The van der Waals surface area contributed by atoms with Crippen LogP contribution in [0.1, 0.15) is 28.4 Å². The zero-order valence-corrected chi connectivity index (χ0v) is 21.2. The van der Waals surface area contributed by atoms with E-state index in [0.29, 0.717) is 21.9 Å². The summed E-state index contributed by atoms with van der Waals surface area (Å²) < 4.78 is 43.0. The topological polar surface area (TPSA) is 85.4 Å². The summed E-state index contributed by atoms with van der Waals surface area (Å²) in [4.78, 5) is 16.5. The van der Waals surface area contributed by atoms with E-state index in [0.717, 1.165) is 51.6 Å². The van der Waals surface area contributed by atoms with Gasteiger partial charge in [-0.25, -0.2) is 13.2 Å². The summed E-state index contributed by atoms with van der Waals surface area (Å²) >= 11 is 6.64. The Morgan fingerprint density at radius 2 is 1.91 bits per heavy atom. The number of sulfone groups is 1. The smallest absolute Gasteiger partial charge is 0.337 e. The molecule has 184 valence electrons. The fourth-order valence-corrected chi connectivity index (χ4v) is 6.16. The third-order valence-electron chi connectivity index (χ3n) is 6.19. The maximum Gasteiger partial charge on any atom is 0.337 e. The summed E-state index contributed by atoms with van der Waals surface area (Å²) in [6.07, 6.45) is 0. The number of rotatable bonds is 6. The van der Waals surface area contributed by atoms with E-state index in [1.54, 1.807) is 13.0 Å². The largest absolute Gasteiger partial charge is 0.465 e. The quantitative estimate of drug-likeness (QED) is 0.546. The second kappa shape index (κ2) is 10.1. The predicted octanol–water partition coefficient (Wildman–Crippen LogP) is 3.67. The summed E-state index contributed by atoms with van der Waals surface area (Å²) in [5, 5.41) is 0.344. The highest BCUT2D eigenvalue weighted by Gasteiger charge is 2.31. The van der Waals surface area contributed by atoms with Gasteiger partial charge in [-0.15, -0.1) is 0 Å². The van der Waals surface area contributed by atoms with Gasteiger partial charge in [-0.05, 0) is 43.7 Å². The van der Waals surface area contributed by atoms with Crippen molar-refractivity contribution in [2.45, 2.75) is 24.5 Å². The van der Waals surface area contributed by atoms with Crippen LogP contribution in [0.4, 0.5) is 5.69 Å². The molecule has 2 aliphatic rings. The first-order chi connectivity index (χ1) is 16.2. The van der Waals surface area contributed by atoms with E-state index < -0.39 is 15.8 Å². The number of nitrogens with zero attached hydrogens (tertiary/aromatic N) is 2. The lowest BCUT2D eigenvalue weighted by molar-refractivity contribution is 0.0392. The highest BCUT2D eigenvalue weighted by molar-refractivity contribution is 7.90. The maximum absolute atomic E-state index is 13.4. The molecule has 8 nitrogen and oxygen atoms in total. The number of esters is 1. The van der Waals surface area contributed by atoms with Crippen molar-refractivity contribution in [3.8, 4) is 11.5 Å². The molecule has 0 amide bonds. The van der Waals surface area contributed by atoms with Gasteiger partial charge in [0.25, 0.3) is 0 Å². The van der Waals surface area contributed by atoms with E-state index in [1.807, 2.05) is 12.1 Å². The summed E-state index contributed by atoms with van der Waals surface area (Å²) in [6.45, 7) is 9.43. The molecule has 0 spiro atoms. The molecular weight excluding hydrogens is 480 g/mol. The Hall–Kier alpha value is -2.33. The SMILES string of the molecule is CCN(CCN1CCOCC1)c1cc(Cl)c2c(c1)CS(=O)(=O)c1cc(C(=O)OC)cc(C)c1O2. The predicted molar refractivity (Wildman–Crippen MR) is 130 cm³/mol. The summed E-state index contributed by atoms with van der Waals surface area (Å²) in [5.41, 5.74) is 2.00. The second-order valence-corrected chi connectivity index (χ2v) is 10.8. The Labute approximate surface area is 205 Å². The van der Waals surface area contributed by atoms with Crippen LogP contribution >= 0.6 is 11.6 Å². The number of ether oxygens (including phenoxy) is 3. The third-order valence-corrected chi connectivity index (χ3v) is 8.13. The lowest BCUT2D eigenvalue weighted by Gasteiger charge is -2.31. The Morgan fingerprint density at radius 3 is 2.59 bits per heavy atom. The number of anilines is 1. The van der Waals surface area contributed by atoms with Crippen LogP contribution in [0.3, 0.4) is 0 Å². The molecule has 34 heavy (non-hydrogen) atoms. The molecule has 0 saturated carbocycles. The standard InChI is InChI=1S/C24H29ClN2O6S/c1-4-27(6-5-26-7-9-32-10-8-26)19-12-18-15-34(29,30)21-13-17(24(28)31-3)11-16(2)22(21)33-23(18)20(25)14-19/h11-14H,4-10,15H2,1-3H3. The number of methoxy groups -OCH3 is 1. The normalized spacial score (nSPS) is 17.2. The van der Waals surface area contributed by atoms with E-state index in [4.69, 9.17) is 25.8 Å². The molecule has 0 aromatic heterocycles. The lowest BCUT2D eigenvalue weighted by Crippen LogP contribution is -2.41. The minimum absolute atomic E-state index is 0.0404. The van der Waals surface area contributed by atoms with Crippen LogP contribution in [0.25, 0.3) is 0 Å². The van der Waals surface area contributed by atoms with Gasteiger partial charge >= 0.3 is 5.97 Å². The second-order valence-electron chi connectivity index (χ2n) is 8.42. The maximum atomic E-state index is 13.4. The number of hydrogen-bond donors (Lipinski definition) is 0. The van der Waals surface area contributed by atoms with Crippen LogP contribution < -0.4 is 9.64 Å². The number of benzene rings is 2. The molecule has 0 bridgehead atoms. The van der Waals surface area contributed by atoms with Gasteiger partial charge in [0, 0.05) is 44.0 Å². The molecule has 0 radical (unpaired) electrons. The Morgan fingerprint density at radius 1 is 1.18 bits per heavy atom. The van der Waals surface area contributed by atoms with Gasteiger partial charge in [0.15, 0.2) is 9.84 Å². The van der Waals surface area contributed by atoms with Crippen molar-refractivity contribution in [1.29, 1.82) is 0 Å². The Kier molecular flexibility index (Phi) is 7.37. The van der Waals surface area contributed by atoms with Crippen LogP contribution in [0.5, 0.6) is 11.5 Å². The average Bonchev–Trinajstić information content (AvgIpc) is 2.93. The zero-order chi connectivity index (χ0) is 24.5. The monoisotopic (exact) mass is 508 g/mol. The van der Waals surface area contributed by atoms with E-state index in [2.05, 4.69) is 16.7 Å². The molecule has 4 rings (SSSR count). The number of fused-ring (bicyclic) bond motifs is 2. The lowest BCUT2D eigenvalue weighted by atomic mass is 10.1. The molecule has 10 heteroatoms. The van der Waals surface area contributed by atoms with Crippen LogP contribution in [-0.2, 0) is 25.1 Å². The number of carbonyl (C=O) groups excluding carboxylic acids is 1. The van der Waals surface area contributed by atoms with Crippen molar-refractivity contribution in [3.05, 3.63) is 46.0 Å². The van der Waals surface area contributed by atoms with Gasteiger partial charge in [0.1, 0.15) is 16.4 Å². The third kappa shape index (κ3) is 5.02. The van der Waals surface area contributed by atoms with Crippen molar-refractivity contribution in [1.82, 2.24) is 4.90 Å². The van der Waals surface area contributed by atoms with Crippen molar-refractivity contribution < 1.29 is 27.4 Å². The van der Waals surface area contributed by atoms with E-state index in [-0.39, 0.29) is 22.0 Å². The van der Waals surface area contributed by atoms with E-state index in [1.165, 1.54) is 13.2 Å². The number of hydrogen-bond acceptors (Lipinski definition) is 8. The fourth-order valence-electron chi connectivity index (χ4n) is 4.32.